The van der Waals surface area contributed by atoms with E-state index in [0.29, 0.717) is 32.3 Å². The molecule has 0 aromatic heterocycles. The molecule has 0 spiro atoms. The summed E-state index contributed by atoms with van der Waals surface area (Å²) in [4.78, 5) is 14.9. The van der Waals surface area contributed by atoms with Gasteiger partial charge >= 0.3 is 0 Å². The first-order valence-corrected chi connectivity index (χ1v) is 10.3. The van der Waals surface area contributed by atoms with Gasteiger partial charge in [0.25, 0.3) is 0 Å². The lowest BCUT2D eigenvalue weighted by atomic mass is 10.1. The minimum atomic E-state index is 0.0925. The molecule has 4 rings (SSSR count). The van der Waals surface area contributed by atoms with Crippen molar-refractivity contribution < 1.29 is 19.0 Å². The molecular formula is C21H30N2O4. The molecule has 1 saturated carbocycles. The van der Waals surface area contributed by atoms with Crippen LogP contribution in [-0.4, -0.2) is 55.9 Å². The molecule has 0 radical (unpaired) electrons. The summed E-state index contributed by atoms with van der Waals surface area (Å²) >= 11 is 0. The average Bonchev–Trinajstić information content (AvgIpc) is 3.40. The van der Waals surface area contributed by atoms with Gasteiger partial charge in [0.15, 0.2) is 11.5 Å². The Hall–Kier alpha value is -1.79. The molecule has 6 nitrogen and oxygen atoms in total. The van der Waals surface area contributed by atoms with E-state index in [2.05, 4.69) is 22.3 Å². The molecule has 2 heterocycles. The molecule has 1 aliphatic carbocycles. The summed E-state index contributed by atoms with van der Waals surface area (Å²) in [6, 6.07) is 6.60. The standard InChI is InChI=1S/C21H30N2O4/c24-21(22-13-18-6-3-9-25-18)15-23(17-4-1-2-5-17)14-16-7-8-19-20(12-16)27-11-10-26-19/h7-8,12,17-18H,1-6,9-11,13-15H2,(H,22,24). The van der Waals surface area contributed by atoms with E-state index in [-0.39, 0.29) is 12.0 Å². The number of amides is 1. The van der Waals surface area contributed by atoms with Crippen molar-refractivity contribution in [1.82, 2.24) is 10.2 Å². The fourth-order valence-electron chi connectivity index (χ4n) is 4.28. The van der Waals surface area contributed by atoms with Crippen molar-refractivity contribution in [3.63, 3.8) is 0 Å². The first-order chi connectivity index (χ1) is 13.3. The predicted octanol–water partition coefficient (Wildman–Crippen LogP) is 2.50. The quantitative estimate of drug-likeness (QED) is 0.795. The predicted molar refractivity (Wildman–Crippen MR) is 102 cm³/mol. The van der Waals surface area contributed by atoms with E-state index in [1.54, 1.807) is 0 Å². The molecule has 1 aromatic carbocycles. The molecule has 3 aliphatic rings. The van der Waals surface area contributed by atoms with E-state index < -0.39 is 0 Å². The number of ether oxygens (including phenoxy) is 3. The highest BCUT2D eigenvalue weighted by atomic mass is 16.6. The maximum absolute atomic E-state index is 12.5. The number of fused-ring (bicyclic) bond motifs is 1. The van der Waals surface area contributed by atoms with Crippen LogP contribution < -0.4 is 14.8 Å². The maximum Gasteiger partial charge on any atom is 0.234 e. The third kappa shape index (κ3) is 4.93. The van der Waals surface area contributed by atoms with Crippen molar-refractivity contribution in [3.8, 4) is 11.5 Å². The van der Waals surface area contributed by atoms with E-state index in [1.807, 2.05) is 6.07 Å². The van der Waals surface area contributed by atoms with Crippen LogP contribution in [0.5, 0.6) is 11.5 Å². The maximum atomic E-state index is 12.5. The number of nitrogens with zero attached hydrogens (tertiary/aromatic N) is 1. The Balaban J connectivity index is 1.37. The first-order valence-electron chi connectivity index (χ1n) is 10.3. The molecule has 2 aliphatic heterocycles. The zero-order chi connectivity index (χ0) is 18.5. The van der Waals surface area contributed by atoms with Gasteiger partial charge in [-0.25, -0.2) is 0 Å². The van der Waals surface area contributed by atoms with Gasteiger partial charge in [-0.3, -0.25) is 9.69 Å². The minimum absolute atomic E-state index is 0.0925. The van der Waals surface area contributed by atoms with Crippen LogP contribution >= 0.6 is 0 Å². The zero-order valence-electron chi connectivity index (χ0n) is 16.0. The third-order valence-corrected chi connectivity index (χ3v) is 5.73. The smallest absolute Gasteiger partial charge is 0.234 e. The van der Waals surface area contributed by atoms with Crippen molar-refractivity contribution in [2.45, 2.75) is 57.2 Å². The number of hydrogen-bond donors (Lipinski definition) is 1. The number of benzene rings is 1. The van der Waals surface area contributed by atoms with E-state index in [9.17, 15) is 4.79 Å². The fraction of sp³-hybridized carbons (Fsp3) is 0.667. The molecule has 0 bridgehead atoms. The molecular weight excluding hydrogens is 344 g/mol. The molecule has 1 saturated heterocycles. The lowest BCUT2D eigenvalue weighted by Gasteiger charge is -2.29. The monoisotopic (exact) mass is 374 g/mol. The Kier molecular flexibility index (Phi) is 6.14. The van der Waals surface area contributed by atoms with Crippen LogP contribution in [0.4, 0.5) is 0 Å². The molecule has 2 fully saturated rings. The van der Waals surface area contributed by atoms with Crippen molar-refractivity contribution in [2.24, 2.45) is 0 Å². The Morgan fingerprint density at radius 1 is 1.04 bits per heavy atom. The van der Waals surface area contributed by atoms with Gasteiger partial charge in [-0.1, -0.05) is 18.9 Å². The van der Waals surface area contributed by atoms with E-state index in [4.69, 9.17) is 14.2 Å². The Morgan fingerprint density at radius 3 is 2.63 bits per heavy atom. The zero-order valence-corrected chi connectivity index (χ0v) is 16.0. The van der Waals surface area contributed by atoms with Gasteiger partial charge < -0.3 is 19.5 Å². The van der Waals surface area contributed by atoms with Gasteiger partial charge in [0.05, 0.1) is 12.6 Å². The molecule has 1 N–H and O–H groups in total. The van der Waals surface area contributed by atoms with Gasteiger partial charge in [-0.15, -0.1) is 0 Å². The lowest BCUT2D eigenvalue weighted by Crippen LogP contribution is -2.43. The van der Waals surface area contributed by atoms with Crippen molar-refractivity contribution in [3.05, 3.63) is 23.8 Å². The van der Waals surface area contributed by atoms with Crippen molar-refractivity contribution >= 4 is 5.91 Å². The topological polar surface area (TPSA) is 60.0 Å². The molecule has 1 atom stereocenters. The number of carbonyl (C=O) groups is 1. The summed E-state index contributed by atoms with van der Waals surface area (Å²) < 4.78 is 16.9. The molecule has 1 amide bonds. The second-order valence-corrected chi connectivity index (χ2v) is 7.76. The summed E-state index contributed by atoms with van der Waals surface area (Å²) in [5, 5.41) is 3.06. The Labute approximate surface area is 161 Å². The second kappa shape index (κ2) is 8.93. The molecule has 6 heteroatoms. The van der Waals surface area contributed by atoms with Crippen LogP contribution in [0.15, 0.2) is 18.2 Å². The van der Waals surface area contributed by atoms with E-state index in [1.165, 1.54) is 25.7 Å². The van der Waals surface area contributed by atoms with Crippen LogP contribution in [0.3, 0.4) is 0 Å². The van der Waals surface area contributed by atoms with Crippen LogP contribution in [-0.2, 0) is 16.1 Å². The highest BCUT2D eigenvalue weighted by Gasteiger charge is 2.25. The SMILES string of the molecule is O=C(CN(Cc1ccc2c(c1)OCCO2)C1CCCC1)NCC1CCCO1. The summed E-state index contributed by atoms with van der Waals surface area (Å²) in [7, 11) is 0. The van der Waals surface area contributed by atoms with Crippen LogP contribution in [0, 0.1) is 0 Å². The summed E-state index contributed by atoms with van der Waals surface area (Å²) in [6.07, 6.45) is 7.17. The normalized spacial score (nSPS) is 22.3. The van der Waals surface area contributed by atoms with Gasteiger partial charge in [-0.2, -0.15) is 0 Å². The highest BCUT2D eigenvalue weighted by Crippen LogP contribution is 2.32. The van der Waals surface area contributed by atoms with E-state index in [0.717, 1.165) is 43.1 Å². The number of rotatable bonds is 7. The second-order valence-electron chi connectivity index (χ2n) is 7.76. The number of hydrogen-bond acceptors (Lipinski definition) is 5. The van der Waals surface area contributed by atoms with Crippen LogP contribution in [0.25, 0.3) is 0 Å². The molecule has 1 unspecified atom stereocenters. The number of carbonyl (C=O) groups excluding carboxylic acids is 1. The number of nitrogens with one attached hydrogen (secondary N) is 1. The first kappa shape index (κ1) is 18.6. The van der Waals surface area contributed by atoms with E-state index >= 15 is 0 Å². The molecule has 1 aromatic rings. The van der Waals surface area contributed by atoms with Gasteiger partial charge in [0.1, 0.15) is 13.2 Å². The fourth-order valence-corrected chi connectivity index (χ4v) is 4.28. The van der Waals surface area contributed by atoms with Crippen molar-refractivity contribution in [2.75, 3.05) is 32.9 Å². The van der Waals surface area contributed by atoms with Crippen LogP contribution in [0.1, 0.15) is 44.1 Å². The summed E-state index contributed by atoms with van der Waals surface area (Å²) in [6.45, 7) is 3.83. The van der Waals surface area contributed by atoms with Crippen LogP contribution in [0.2, 0.25) is 0 Å². The molecule has 27 heavy (non-hydrogen) atoms. The largest absolute Gasteiger partial charge is 0.486 e. The summed E-state index contributed by atoms with van der Waals surface area (Å²) in [5.74, 6) is 1.72. The van der Waals surface area contributed by atoms with Crippen molar-refractivity contribution in [1.29, 1.82) is 0 Å². The minimum Gasteiger partial charge on any atom is -0.486 e. The van der Waals surface area contributed by atoms with Gasteiger partial charge in [-0.05, 0) is 43.4 Å². The Morgan fingerprint density at radius 2 is 1.85 bits per heavy atom. The van der Waals surface area contributed by atoms with Gasteiger partial charge in [0.2, 0.25) is 5.91 Å². The Bertz CT molecular complexity index is 639. The average molecular weight is 374 g/mol. The molecule has 148 valence electrons. The lowest BCUT2D eigenvalue weighted by molar-refractivity contribution is -0.123. The summed E-state index contributed by atoms with van der Waals surface area (Å²) in [5.41, 5.74) is 1.16. The highest BCUT2D eigenvalue weighted by molar-refractivity contribution is 5.78. The third-order valence-electron chi connectivity index (χ3n) is 5.73. The van der Waals surface area contributed by atoms with Gasteiger partial charge in [0, 0.05) is 25.7 Å².